The van der Waals surface area contributed by atoms with Gasteiger partial charge in [-0.05, 0) is 12.2 Å². The van der Waals surface area contributed by atoms with Gasteiger partial charge in [-0.3, -0.25) is 4.79 Å². The number of nitrogens with two attached hydrogens (primary N) is 1. The first-order valence-corrected chi connectivity index (χ1v) is 4.21. The van der Waals surface area contributed by atoms with E-state index in [9.17, 15) is 4.79 Å². The van der Waals surface area contributed by atoms with Crippen LogP contribution >= 0.6 is 0 Å². The molecule has 0 aromatic carbocycles. The van der Waals surface area contributed by atoms with Crippen LogP contribution in [-0.4, -0.2) is 27.3 Å². The van der Waals surface area contributed by atoms with Crippen molar-refractivity contribution in [3.63, 3.8) is 0 Å². The largest absolute Gasteiger partial charge is 0.399 e. The van der Waals surface area contributed by atoms with E-state index >= 15 is 0 Å². The van der Waals surface area contributed by atoms with Crippen LogP contribution in [0, 0.1) is 0 Å². The zero-order chi connectivity index (χ0) is 9.97. The first-order valence-electron chi connectivity index (χ1n) is 4.21. The summed E-state index contributed by atoms with van der Waals surface area (Å²) in [6.45, 7) is 0.488. The Labute approximate surface area is 80.9 Å². The Bertz CT molecular complexity index is 391. The molecule has 0 bridgehead atoms. The Morgan fingerprint density at radius 3 is 3.07 bits per heavy atom. The number of rotatable bonds is 1. The van der Waals surface area contributed by atoms with Crippen LogP contribution in [-0.2, 0) is 0 Å². The molecular formula is C9H10N4O. The Balaban J connectivity index is 2.12. The van der Waals surface area contributed by atoms with Gasteiger partial charge in [0.05, 0.1) is 0 Å². The van der Waals surface area contributed by atoms with E-state index in [0.29, 0.717) is 18.1 Å². The summed E-state index contributed by atoms with van der Waals surface area (Å²) in [6.07, 6.45) is 8.28. The highest BCUT2D eigenvalue weighted by atomic mass is 16.2. The van der Waals surface area contributed by atoms with E-state index in [1.54, 1.807) is 30.7 Å². The lowest BCUT2D eigenvalue weighted by Gasteiger charge is -2.18. The number of hydrogen-bond acceptors (Lipinski definition) is 3. The highest BCUT2D eigenvalue weighted by Crippen LogP contribution is 2.05. The van der Waals surface area contributed by atoms with Gasteiger partial charge in [0.25, 0.3) is 5.91 Å². The molecule has 1 aliphatic rings. The van der Waals surface area contributed by atoms with Crippen LogP contribution in [0.3, 0.4) is 0 Å². The number of aromatic amines is 1. The number of imidazole rings is 1. The molecule has 0 radical (unpaired) electrons. The Kier molecular flexibility index (Phi) is 2.06. The monoisotopic (exact) mass is 190 g/mol. The second-order valence-corrected chi connectivity index (χ2v) is 2.92. The van der Waals surface area contributed by atoms with Gasteiger partial charge in [0, 0.05) is 30.8 Å². The third kappa shape index (κ3) is 1.52. The average Bonchev–Trinajstić information content (AvgIpc) is 2.71. The summed E-state index contributed by atoms with van der Waals surface area (Å²) in [7, 11) is 0. The van der Waals surface area contributed by atoms with Crippen LogP contribution in [0.25, 0.3) is 0 Å². The van der Waals surface area contributed by atoms with Crippen molar-refractivity contribution in [2.75, 3.05) is 6.54 Å². The van der Waals surface area contributed by atoms with Gasteiger partial charge in [0.15, 0.2) is 5.82 Å². The molecule has 5 heteroatoms. The quantitative estimate of drug-likeness (QED) is 0.665. The fourth-order valence-electron chi connectivity index (χ4n) is 1.18. The molecule has 0 unspecified atom stereocenters. The van der Waals surface area contributed by atoms with E-state index in [2.05, 4.69) is 9.97 Å². The van der Waals surface area contributed by atoms with Crippen LogP contribution in [0.15, 0.2) is 36.4 Å². The number of carbonyl (C=O) groups excluding carboxylic acids is 1. The van der Waals surface area contributed by atoms with Crippen LogP contribution in [0.4, 0.5) is 0 Å². The number of H-pyrrole nitrogens is 1. The van der Waals surface area contributed by atoms with Gasteiger partial charge in [0.1, 0.15) is 0 Å². The van der Waals surface area contributed by atoms with Crippen molar-refractivity contribution in [1.82, 2.24) is 14.9 Å². The molecule has 0 saturated heterocycles. The Morgan fingerprint density at radius 1 is 1.64 bits per heavy atom. The fourth-order valence-corrected chi connectivity index (χ4v) is 1.18. The molecule has 72 valence electrons. The summed E-state index contributed by atoms with van der Waals surface area (Å²) in [6, 6.07) is 0. The number of amides is 1. The van der Waals surface area contributed by atoms with Gasteiger partial charge >= 0.3 is 0 Å². The van der Waals surface area contributed by atoms with Crippen LogP contribution in [0.5, 0.6) is 0 Å². The summed E-state index contributed by atoms with van der Waals surface area (Å²) in [4.78, 5) is 19.9. The van der Waals surface area contributed by atoms with Crippen molar-refractivity contribution in [2.45, 2.75) is 0 Å². The summed E-state index contributed by atoms with van der Waals surface area (Å²) >= 11 is 0. The van der Waals surface area contributed by atoms with Crippen molar-refractivity contribution in [3.8, 4) is 0 Å². The zero-order valence-corrected chi connectivity index (χ0v) is 7.47. The number of aromatic nitrogens is 2. The second-order valence-electron chi connectivity index (χ2n) is 2.92. The molecule has 0 spiro atoms. The number of carbonyl (C=O) groups is 1. The van der Waals surface area contributed by atoms with Crippen LogP contribution < -0.4 is 5.73 Å². The summed E-state index contributed by atoms with van der Waals surface area (Å²) in [5.41, 5.74) is 6.20. The molecule has 5 nitrogen and oxygen atoms in total. The summed E-state index contributed by atoms with van der Waals surface area (Å²) < 4.78 is 0. The smallest absolute Gasteiger partial charge is 0.293 e. The maximum absolute atomic E-state index is 11.7. The van der Waals surface area contributed by atoms with Gasteiger partial charge in [0.2, 0.25) is 0 Å². The van der Waals surface area contributed by atoms with Gasteiger partial charge < -0.3 is 15.6 Å². The lowest BCUT2D eigenvalue weighted by molar-refractivity contribution is 0.0823. The summed E-state index contributed by atoms with van der Waals surface area (Å²) in [5, 5.41) is 0. The van der Waals surface area contributed by atoms with Gasteiger partial charge in [-0.2, -0.15) is 0 Å². The molecule has 3 N–H and O–H groups in total. The molecular weight excluding hydrogens is 180 g/mol. The normalized spacial score (nSPS) is 15.4. The standard InChI is InChI=1S/C9H10N4O/c10-7-1-5-13(6-2-7)9(14)8-11-3-4-12-8/h1-5H,6,10H2,(H,11,12). The highest BCUT2D eigenvalue weighted by Gasteiger charge is 2.15. The van der Waals surface area contributed by atoms with E-state index in [4.69, 9.17) is 5.73 Å². The lowest BCUT2D eigenvalue weighted by atomic mass is 10.3. The van der Waals surface area contributed by atoms with E-state index in [1.807, 2.05) is 0 Å². The predicted molar refractivity (Wildman–Crippen MR) is 51.0 cm³/mol. The molecule has 2 heterocycles. The summed E-state index contributed by atoms with van der Waals surface area (Å²) in [5.74, 6) is 0.179. The topological polar surface area (TPSA) is 75.0 Å². The SMILES string of the molecule is NC1=CCN(C(=O)c2ncc[nH]2)C=C1. The molecule has 0 atom stereocenters. The van der Waals surface area contributed by atoms with Gasteiger partial charge in [-0.1, -0.05) is 0 Å². The first kappa shape index (κ1) is 8.55. The van der Waals surface area contributed by atoms with Crippen molar-refractivity contribution < 1.29 is 4.79 Å². The third-order valence-electron chi connectivity index (χ3n) is 1.93. The second kappa shape index (κ2) is 3.37. The van der Waals surface area contributed by atoms with Crippen molar-refractivity contribution in [3.05, 3.63) is 42.3 Å². The molecule has 2 rings (SSSR count). The number of hydrogen-bond donors (Lipinski definition) is 2. The third-order valence-corrected chi connectivity index (χ3v) is 1.93. The molecule has 1 amide bonds. The lowest BCUT2D eigenvalue weighted by Crippen LogP contribution is -2.29. The average molecular weight is 190 g/mol. The predicted octanol–water partition coefficient (Wildman–Crippen LogP) is 0.222. The molecule has 1 aliphatic heterocycles. The molecule has 0 aliphatic carbocycles. The maximum Gasteiger partial charge on any atom is 0.293 e. The van der Waals surface area contributed by atoms with E-state index in [-0.39, 0.29) is 5.91 Å². The van der Waals surface area contributed by atoms with Crippen LogP contribution in [0.1, 0.15) is 10.6 Å². The van der Waals surface area contributed by atoms with Crippen molar-refractivity contribution in [2.24, 2.45) is 5.73 Å². The molecule has 0 saturated carbocycles. The van der Waals surface area contributed by atoms with Gasteiger partial charge in [-0.15, -0.1) is 0 Å². The van der Waals surface area contributed by atoms with Crippen LogP contribution in [0.2, 0.25) is 0 Å². The molecule has 14 heavy (non-hydrogen) atoms. The van der Waals surface area contributed by atoms with Crippen molar-refractivity contribution >= 4 is 5.91 Å². The minimum atomic E-state index is -0.157. The van der Waals surface area contributed by atoms with E-state index < -0.39 is 0 Å². The van der Waals surface area contributed by atoms with E-state index in [1.165, 1.54) is 4.90 Å². The number of nitrogens with one attached hydrogen (secondary N) is 1. The van der Waals surface area contributed by atoms with Gasteiger partial charge in [-0.25, -0.2) is 4.98 Å². The number of nitrogens with zero attached hydrogens (tertiary/aromatic N) is 2. The fraction of sp³-hybridized carbons (Fsp3) is 0.111. The van der Waals surface area contributed by atoms with Crippen molar-refractivity contribution in [1.29, 1.82) is 0 Å². The number of allylic oxidation sites excluding steroid dienone is 1. The Morgan fingerprint density at radius 2 is 2.50 bits per heavy atom. The van der Waals surface area contributed by atoms with E-state index in [0.717, 1.165) is 0 Å². The zero-order valence-electron chi connectivity index (χ0n) is 7.47. The molecule has 0 fully saturated rings. The molecule has 1 aromatic rings. The molecule has 1 aromatic heterocycles. The Hall–Kier alpha value is -2.04. The minimum absolute atomic E-state index is 0.157. The maximum atomic E-state index is 11.7. The first-order chi connectivity index (χ1) is 6.77. The minimum Gasteiger partial charge on any atom is -0.399 e. The highest BCUT2D eigenvalue weighted by molar-refractivity contribution is 5.91.